The SMILES string of the molecule is CCCCCCCCCCCCCCCCN1C2=CC=CCC2C(C)(C)C1C. The minimum absolute atomic E-state index is 0.409. The molecule has 1 heteroatoms. The lowest BCUT2D eigenvalue weighted by molar-refractivity contribution is 0.186. The number of rotatable bonds is 15. The highest BCUT2D eigenvalue weighted by atomic mass is 15.2. The molecule has 0 aromatic heterocycles. The highest BCUT2D eigenvalue weighted by molar-refractivity contribution is 5.28. The summed E-state index contributed by atoms with van der Waals surface area (Å²) >= 11 is 0. The molecular formula is C27H49N. The summed E-state index contributed by atoms with van der Waals surface area (Å²) in [5.41, 5.74) is 2.03. The first kappa shape index (κ1) is 23.6. The van der Waals surface area contributed by atoms with Crippen molar-refractivity contribution in [2.24, 2.45) is 11.3 Å². The number of nitrogens with zero attached hydrogens (tertiary/aromatic N) is 1. The summed E-state index contributed by atoms with van der Waals surface area (Å²) in [7, 11) is 0. The van der Waals surface area contributed by atoms with E-state index in [9.17, 15) is 0 Å². The van der Waals surface area contributed by atoms with Gasteiger partial charge in [-0.1, -0.05) is 116 Å². The van der Waals surface area contributed by atoms with Crippen LogP contribution in [0.25, 0.3) is 0 Å². The molecule has 0 N–H and O–H groups in total. The van der Waals surface area contributed by atoms with Gasteiger partial charge in [0, 0.05) is 24.2 Å². The van der Waals surface area contributed by atoms with Crippen molar-refractivity contribution in [3.63, 3.8) is 0 Å². The van der Waals surface area contributed by atoms with Crippen LogP contribution in [0.4, 0.5) is 0 Å². The fraction of sp³-hybridized carbons (Fsp3) is 0.852. The van der Waals surface area contributed by atoms with Gasteiger partial charge in [-0.15, -0.1) is 0 Å². The molecule has 0 radical (unpaired) electrons. The monoisotopic (exact) mass is 387 g/mol. The van der Waals surface area contributed by atoms with Crippen LogP contribution >= 0.6 is 0 Å². The van der Waals surface area contributed by atoms with Crippen LogP contribution in [0, 0.1) is 11.3 Å². The summed E-state index contributed by atoms with van der Waals surface area (Å²) in [6, 6.07) is 0.672. The number of likely N-dealkylation sites (tertiary alicyclic amines) is 1. The average molecular weight is 388 g/mol. The van der Waals surface area contributed by atoms with Crippen molar-refractivity contribution in [2.75, 3.05) is 6.54 Å². The molecule has 2 unspecified atom stereocenters. The topological polar surface area (TPSA) is 3.24 Å². The molecule has 0 bridgehead atoms. The molecule has 1 saturated heterocycles. The van der Waals surface area contributed by atoms with Gasteiger partial charge in [0.2, 0.25) is 0 Å². The van der Waals surface area contributed by atoms with E-state index < -0.39 is 0 Å². The first-order valence-corrected chi connectivity index (χ1v) is 12.7. The standard InChI is InChI=1S/C27H49N/c1-5-6-7-8-9-10-11-12-13-14-15-16-17-20-23-28-24(2)27(3,4)25-21-18-19-22-26(25)28/h18-19,22,24-25H,5-17,20-21,23H2,1-4H3. The first-order chi connectivity index (χ1) is 13.6. The molecule has 1 heterocycles. The van der Waals surface area contributed by atoms with Gasteiger partial charge in [-0.25, -0.2) is 0 Å². The van der Waals surface area contributed by atoms with Crippen molar-refractivity contribution in [2.45, 2.75) is 130 Å². The Labute approximate surface area is 177 Å². The van der Waals surface area contributed by atoms with E-state index in [0.717, 1.165) is 5.92 Å². The van der Waals surface area contributed by atoms with Crippen molar-refractivity contribution < 1.29 is 0 Å². The molecule has 0 saturated carbocycles. The Morgan fingerprint density at radius 2 is 1.32 bits per heavy atom. The van der Waals surface area contributed by atoms with Crippen LogP contribution in [0.5, 0.6) is 0 Å². The largest absolute Gasteiger partial charge is 0.371 e. The van der Waals surface area contributed by atoms with Gasteiger partial charge in [0.25, 0.3) is 0 Å². The van der Waals surface area contributed by atoms with Gasteiger partial charge in [-0.2, -0.15) is 0 Å². The normalized spacial score (nSPS) is 23.1. The van der Waals surface area contributed by atoms with E-state index in [-0.39, 0.29) is 0 Å². The number of unbranched alkanes of at least 4 members (excludes halogenated alkanes) is 13. The minimum atomic E-state index is 0.409. The summed E-state index contributed by atoms with van der Waals surface area (Å²) in [5.74, 6) is 0.735. The van der Waals surface area contributed by atoms with Crippen LogP contribution in [-0.2, 0) is 0 Å². The van der Waals surface area contributed by atoms with Crippen molar-refractivity contribution in [3.05, 3.63) is 23.9 Å². The lowest BCUT2D eigenvalue weighted by Crippen LogP contribution is -2.34. The Balaban J connectivity index is 1.46. The highest BCUT2D eigenvalue weighted by Crippen LogP contribution is 2.50. The quantitative estimate of drug-likeness (QED) is 0.254. The predicted molar refractivity (Wildman–Crippen MR) is 126 cm³/mol. The summed E-state index contributed by atoms with van der Waals surface area (Å²) in [6.07, 6.45) is 28.5. The lowest BCUT2D eigenvalue weighted by atomic mass is 9.74. The Morgan fingerprint density at radius 1 is 0.821 bits per heavy atom. The van der Waals surface area contributed by atoms with E-state index in [1.165, 1.54) is 103 Å². The van der Waals surface area contributed by atoms with Crippen LogP contribution in [0.3, 0.4) is 0 Å². The number of hydrogen-bond acceptors (Lipinski definition) is 1. The Morgan fingerprint density at radius 3 is 1.86 bits per heavy atom. The Hall–Kier alpha value is -0.720. The van der Waals surface area contributed by atoms with Crippen molar-refractivity contribution >= 4 is 0 Å². The van der Waals surface area contributed by atoms with Crippen LogP contribution in [0.15, 0.2) is 23.9 Å². The van der Waals surface area contributed by atoms with E-state index in [1.807, 2.05) is 0 Å². The van der Waals surface area contributed by atoms with E-state index in [1.54, 1.807) is 5.70 Å². The molecule has 2 atom stereocenters. The Bertz CT molecular complexity index is 473. The third-order valence-corrected chi connectivity index (χ3v) is 7.66. The van der Waals surface area contributed by atoms with Crippen molar-refractivity contribution in [1.29, 1.82) is 0 Å². The molecule has 162 valence electrons. The summed E-state index contributed by atoms with van der Waals surface area (Å²) in [5, 5.41) is 0. The molecule has 0 aromatic rings. The molecular weight excluding hydrogens is 338 g/mol. The maximum absolute atomic E-state index is 2.73. The maximum Gasteiger partial charge on any atom is 0.0316 e. The van der Waals surface area contributed by atoms with Crippen LogP contribution in [0.1, 0.15) is 124 Å². The van der Waals surface area contributed by atoms with E-state index in [0.29, 0.717) is 11.5 Å². The highest BCUT2D eigenvalue weighted by Gasteiger charge is 2.47. The van der Waals surface area contributed by atoms with Gasteiger partial charge in [0.1, 0.15) is 0 Å². The number of allylic oxidation sites excluding steroid dienone is 4. The zero-order valence-corrected chi connectivity index (χ0v) is 19.6. The summed E-state index contributed by atoms with van der Waals surface area (Å²) < 4.78 is 0. The molecule has 2 aliphatic rings. The second kappa shape index (κ2) is 12.8. The Kier molecular flexibility index (Phi) is 10.7. The molecule has 1 nitrogen and oxygen atoms in total. The fourth-order valence-corrected chi connectivity index (χ4v) is 5.31. The first-order valence-electron chi connectivity index (χ1n) is 12.7. The van der Waals surface area contributed by atoms with Gasteiger partial charge < -0.3 is 4.90 Å². The van der Waals surface area contributed by atoms with Gasteiger partial charge in [0.05, 0.1) is 0 Å². The second-order valence-electron chi connectivity index (χ2n) is 10.1. The van der Waals surface area contributed by atoms with Crippen molar-refractivity contribution in [3.8, 4) is 0 Å². The van der Waals surface area contributed by atoms with E-state index >= 15 is 0 Å². The van der Waals surface area contributed by atoms with Crippen LogP contribution in [0.2, 0.25) is 0 Å². The van der Waals surface area contributed by atoms with E-state index in [2.05, 4.69) is 50.8 Å². The number of fused-ring (bicyclic) bond motifs is 1. The van der Waals surface area contributed by atoms with Crippen LogP contribution in [-0.4, -0.2) is 17.5 Å². The third kappa shape index (κ3) is 6.96. The molecule has 0 aromatic carbocycles. The smallest absolute Gasteiger partial charge is 0.0316 e. The molecule has 1 fully saturated rings. The van der Waals surface area contributed by atoms with Gasteiger partial charge in [0.15, 0.2) is 0 Å². The number of hydrogen-bond donors (Lipinski definition) is 0. The predicted octanol–water partition coefficient (Wildman–Crippen LogP) is 8.66. The molecule has 28 heavy (non-hydrogen) atoms. The maximum atomic E-state index is 2.73. The molecule has 1 aliphatic heterocycles. The average Bonchev–Trinajstić information content (AvgIpc) is 2.89. The summed E-state index contributed by atoms with van der Waals surface area (Å²) in [6.45, 7) is 11.0. The van der Waals surface area contributed by atoms with E-state index in [4.69, 9.17) is 0 Å². The molecule has 0 spiro atoms. The zero-order chi connectivity index (χ0) is 20.2. The second-order valence-corrected chi connectivity index (χ2v) is 10.1. The fourth-order valence-electron chi connectivity index (χ4n) is 5.31. The van der Waals surface area contributed by atoms with Crippen LogP contribution < -0.4 is 0 Å². The minimum Gasteiger partial charge on any atom is -0.371 e. The summed E-state index contributed by atoms with van der Waals surface area (Å²) in [4.78, 5) is 2.73. The molecule has 0 amide bonds. The van der Waals surface area contributed by atoms with Gasteiger partial charge in [-0.05, 0) is 31.3 Å². The lowest BCUT2D eigenvalue weighted by Gasteiger charge is -2.31. The van der Waals surface area contributed by atoms with Gasteiger partial charge in [-0.3, -0.25) is 0 Å². The van der Waals surface area contributed by atoms with Gasteiger partial charge >= 0.3 is 0 Å². The molecule has 1 aliphatic carbocycles. The molecule has 2 rings (SSSR count). The van der Waals surface area contributed by atoms with Crippen molar-refractivity contribution in [1.82, 2.24) is 4.90 Å². The zero-order valence-electron chi connectivity index (χ0n) is 19.6. The third-order valence-electron chi connectivity index (χ3n) is 7.66.